The molecule has 1 aromatic carbocycles. The molecule has 1 aromatic heterocycles. The van der Waals surface area contributed by atoms with E-state index in [0.29, 0.717) is 25.2 Å². The van der Waals surface area contributed by atoms with Gasteiger partial charge in [0, 0.05) is 68.3 Å². The van der Waals surface area contributed by atoms with Gasteiger partial charge in [0.2, 0.25) is 0 Å². The van der Waals surface area contributed by atoms with Crippen LogP contribution in [0.2, 0.25) is 0 Å². The van der Waals surface area contributed by atoms with Gasteiger partial charge in [0.25, 0.3) is 5.91 Å². The van der Waals surface area contributed by atoms with Crippen molar-refractivity contribution in [2.75, 3.05) is 44.2 Å². The van der Waals surface area contributed by atoms with Gasteiger partial charge in [-0.05, 0) is 49.7 Å². The van der Waals surface area contributed by atoms with Crippen molar-refractivity contribution in [3.05, 3.63) is 59.9 Å². The average Bonchev–Trinajstić information content (AvgIpc) is 3.26. The predicted molar refractivity (Wildman–Crippen MR) is 121 cm³/mol. The van der Waals surface area contributed by atoms with Gasteiger partial charge >= 0.3 is 6.03 Å². The first-order valence-electron chi connectivity index (χ1n) is 11.2. The predicted octanol–water partition coefficient (Wildman–Crippen LogP) is 2.78. The minimum Gasteiger partial charge on any atom is -0.336 e. The van der Waals surface area contributed by atoms with Gasteiger partial charge in [0.15, 0.2) is 0 Å². The number of pyridine rings is 1. The van der Waals surface area contributed by atoms with Gasteiger partial charge in [0.1, 0.15) is 0 Å². The lowest BCUT2D eigenvalue weighted by Gasteiger charge is -2.38. The van der Waals surface area contributed by atoms with Crippen molar-refractivity contribution in [3.63, 3.8) is 0 Å². The molecule has 0 bridgehead atoms. The number of carbonyl (C=O) groups is 2. The van der Waals surface area contributed by atoms with Crippen molar-refractivity contribution in [2.24, 2.45) is 0 Å². The zero-order chi connectivity index (χ0) is 21.6. The number of hydrogen-bond acceptors (Lipinski definition) is 4. The molecule has 1 N–H and O–H groups in total. The van der Waals surface area contributed by atoms with Crippen molar-refractivity contribution in [1.29, 1.82) is 0 Å². The van der Waals surface area contributed by atoms with Crippen molar-refractivity contribution < 1.29 is 9.59 Å². The molecule has 2 aliphatic rings. The maximum Gasteiger partial charge on any atom is 0.321 e. The molecule has 0 aliphatic carbocycles. The number of benzene rings is 1. The molecular formula is C24H31N5O2. The van der Waals surface area contributed by atoms with Crippen LogP contribution < -0.4 is 10.2 Å². The van der Waals surface area contributed by atoms with Gasteiger partial charge in [0.05, 0.1) is 0 Å². The fourth-order valence-electron chi connectivity index (χ4n) is 4.47. The van der Waals surface area contributed by atoms with E-state index < -0.39 is 0 Å². The molecule has 7 nitrogen and oxygen atoms in total. The molecule has 2 saturated heterocycles. The summed E-state index contributed by atoms with van der Waals surface area (Å²) in [5.41, 5.74) is 2.40. The van der Waals surface area contributed by atoms with E-state index in [1.165, 1.54) is 0 Å². The minimum absolute atomic E-state index is 0.0346. The Morgan fingerprint density at radius 2 is 2.00 bits per heavy atom. The third kappa shape index (κ3) is 5.05. The molecule has 0 atom stereocenters. The van der Waals surface area contributed by atoms with Crippen molar-refractivity contribution in [1.82, 2.24) is 20.1 Å². The zero-order valence-corrected chi connectivity index (χ0v) is 18.2. The first-order valence-corrected chi connectivity index (χ1v) is 11.2. The van der Waals surface area contributed by atoms with E-state index in [2.05, 4.69) is 22.1 Å². The molecule has 3 amide bonds. The van der Waals surface area contributed by atoms with Crippen LogP contribution in [0.4, 0.5) is 10.5 Å². The molecule has 0 unspecified atom stereocenters. The van der Waals surface area contributed by atoms with Gasteiger partial charge in [-0.25, -0.2) is 4.79 Å². The smallest absolute Gasteiger partial charge is 0.321 e. The third-order valence-electron chi connectivity index (χ3n) is 6.30. The maximum atomic E-state index is 13.6. The molecule has 0 spiro atoms. The van der Waals surface area contributed by atoms with Crippen LogP contribution in [-0.4, -0.2) is 72.0 Å². The number of piperidine rings is 1. The molecule has 0 radical (unpaired) electrons. The Bertz CT molecular complexity index is 896. The standard InChI is InChI=1S/C24H31N5O2/c1-2-27-14-10-21(11-15-27)28(16-9-20-7-3-4-12-25-20)23(30)19-6-5-8-22(18-19)29-17-13-26-24(29)31/h3-8,12,18,21H,2,9-11,13-17H2,1H3,(H,26,31). The number of likely N-dealkylation sites (tertiary alicyclic amines) is 1. The second-order valence-electron chi connectivity index (χ2n) is 8.17. The van der Waals surface area contributed by atoms with Crippen molar-refractivity contribution in [2.45, 2.75) is 32.2 Å². The summed E-state index contributed by atoms with van der Waals surface area (Å²) in [6.45, 7) is 7.16. The van der Waals surface area contributed by atoms with Crippen molar-refractivity contribution >= 4 is 17.6 Å². The van der Waals surface area contributed by atoms with Gasteiger partial charge < -0.3 is 15.1 Å². The largest absolute Gasteiger partial charge is 0.336 e. The van der Waals surface area contributed by atoms with E-state index in [9.17, 15) is 9.59 Å². The first kappa shape index (κ1) is 21.3. The highest BCUT2D eigenvalue weighted by atomic mass is 16.2. The first-order chi connectivity index (χ1) is 15.2. The van der Waals surface area contributed by atoms with Crippen LogP contribution in [0.25, 0.3) is 0 Å². The average molecular weight is 422 g/mol. The van der Waals surface area contributed by atoms with Crippen LogP contribution >= 0.6 is 0 Å². The molecule has 0 saturated carbocycles. The summed E-state index contributed by atoms with van der Waals surface area (Å²) >= 11 is 0. The summed E-state index contributed by atoms with van der Waals surface area (Å²) in [7, 11) is 0. The Labute approximate surface area is 184 Å². The zero-order valence-electron chi connectivity index (χ0n) is 18.2. The number of hydrogen-bond donors (Lipinski definition) is 1. The second-order valence-corrected chi connectivity index (χ2v) is 8.17. The molecular weight excluding hydrogens is 390 g/mol. The SMILES string of the molecule is CCN1CCC(N(CCc2ccccn2)C(=O)c2cccc(N3CCNC3=O)c2)CC1. The van der Waals surface area contributed by atoms with E-state index in [0.717, 1.165) is 50.3 Å². The summed E-state index contributed by atoms with van der Waals surface area (Å²) < 4.78 is 0. The van der Waals surface area contributed by atoms with Gasteiger partial charge in [-0.3, -0.25) is 14.7 Å². The lowest BCUT2D eigenvalue weighted by molar-refractivity contribution is 0.0579. The van der Waals surface area contributed by atoms with E-state index in [4.69, 9.17) is 0 Å². The Morgan fingerprint density at radius 1 is 1.16 bits per heavy atom. The lowest BCUT2D eigenvalue weighted by Crippen LogP contribution is -2.48. The van der Waals surface area contributed by atoms with E-state index in [1.807, 2.05) is 47.4 Å². The molecule has 2 fully saturated rings. The molecule has 4 rings (SSSR count). The van der Waals surface area contributed by atoms with Gasteiger partial charge in [-0.2, -0.15) is 0 Å². The molecule has 2 aliphatic heterocycles. The van der Waals surface area contributed by atoms with Crippen LogP contribution in [-0.2, 0) is 6.42 Å². The minimum atomic E-state index is -0.108. The van der Waals surface area contributed by atoms with Crippen LogP contribution in [0.3, 0.4) is 0 Å². The third-order valence-corrected chi connectivity index (χ3v) is 6.30. The fraction of sp³-hybridized carbons (Fsp3) is 0.458. The topological polar surface area (TPSA) is 68.8 Å². The fourth-order valence-corrected chi connectivity index (χ4v) is 4.47. The number of rotatable bonds is 7. The number of amides is 3. The van der Waals surface area contributed by atoms with Crippen LogP contribution in [0, 0.1) is 0 Å². The van der Waals surface area contributed by atoms with E-state index in [-0.39, 0.29) is 18.0 Å². The number of urea groups is 1. The summed E-state index contributed by atoms with van der Waals surface area (Å²) in [6.07, 6.45) is 4.49. The van der Waals surface area contributed by atoms with Gasteiger partial charge in [-0.15, -0.1) is 0 Å². The summed E-state index contributed by atoms with van der Waals surface area (Å²) in [4.78, 5) is 36.3. The van der Waals surface area contributed by atoms with Gasteiger partial charge in [-0.1, -0.05) is 19.1 Å². The summed E-state index contributed by atoms with van der Waals surface area (Å²) in [6, 6.07) is 13.5. The highest BCUT2D eigenvalue weighted by Gasteiger charge is 2.29. The summed E-state index contributed by atoms with van der Waals surface area (Å²) in [5, 5.41) is 2.82. The highest BCUT2D eigenvalue weighted by Crippen LogP contribution is 2.23. The molecule has 3 heterocycles. The molecule has 7 heteroatoms. The lowest BCUT2D eigenvalue weighted by atomic mass is 10.0. The van der Waals surface area contributed by atoms with Crippen molar-refractivity contribution in [3.8, 4) is 0 Å². The molecule has 164 valence electrons. The van der Waals surface area contributed by atoms with E-state index in [1.54, 1.807) is 11.1 Å². The number of nitrogens with zero attached hydrogens (tertiary/aromatic N) is 4. The van der Waals surface area contributed by atoms with Crippen LogP contribution in [0.15, 0.2) is 48.7 Å². The quantitative estimate of drug-likeness (QED) is 0.747. The highest BCUT2D eigenvalue weighted by molar-refractivity contribution is 5.98. The van der Waals surface area contributed by atoms with Crippen LogP contribution in [0.1, 0.15) is 35.8 Å². The number of anilines is 1. The second kappa shape index (κ2) is 9.92. The Balaban J connectivity index is 1.53. The number of carbonyl (C=O) groups excluding carboxylic acids is 2. The monoisotopic (exact) mass is 421 g/mol. The Kier molecular flexibility index (Phi) is 6.82. The number of aromatic nitrogens is 1. The maximum absolute atomic E-state index is 13.6. The Morgan fingerprint density at radius 3 is 2.68 bits per heavy atom. The van der Waals surface area contributed by atoms with Crippen LogP contribution in [0.5, 0.6) is 0 Å². The Hall–Kier alpha value is -2.93. The number of nitrogens with one attached hydrogen (secondary N) is 1. The van der Waals surface area contributed by atoms with E-state index >= 15 is 0 Å². The molecule has 2 aromatic rings. The summed E-state index contributed by atoms with van der Waals surface area (Å²) in [5.74, 6) is 0.0346. The normalized spacial score (nSPS) is 17.6. The molecule has 31 heavy (non-hydrogen) atoms.